The van der Waals surface area contributed by atoms with E-state index in [0.717, 1.165) is 19.8 Å². The van der Waals surface area contributed by atoms with Gasteiger partial charge in [-0.25, -0.2) is 0 Å². The second-order valence-corrected chi connectivity index (χ2v) is 7.06. The van der Waals surface area contributed by atoms with E-state index in [1.165, 1.54) is 12.8 Å². The van der Waals surface area contributed by atoms with Gasteiger partial charge in [0.1, 0.15) is 0 Å². The zero-order valence-corrected chi connectivity index (χ0v) is 17.3. The number of carboxylic acids is 2. The summed E-state index contributed by atoms with van der Waals surface area (Å²) < 4.78 is 0. The van der Waals surface area contributed by atoms with Crippen molar-refractivity contribution in [3.63, 3.8) is 0 Å². The molecule has 2 rings (SSSR count). The molecule has 1 aliphatic carbocycles. The molecule has 0 amide bonds. The third-order valence-corrected chi connectivity index (χ3v) is 4.99. The van der Waals surface area contributed by atoms with Crippen LogP contribution in [0.25, 0.3) is 0 Å². The third kappa shape index (κ3) is 6.48. The van der Waals surface area contributed by atoms with Crippen molar-refractivity contribution in [1.29, 1.82) is 0 Å². The van der Waals surface area contributed by atoms with E-state index in [1.807, 2.05) is 26.0 Å². The van der Waals surface area contributed by atoms with Crippen LogP contribution in [0.15, 0.2) is 12.2 Å². The molecule has 1 heterocycles. The van der Waals surface area contributed by atoms with Gasteiger partial charge in [0.25, 0.3) is 0 Å². The van der Waals surface area contributed by atoms with Gasteiger partial charge in [0.05, 0.1) is 17.4 Å². The number of aliphatic carboxylic acids is 2. The van der Waals surface area contributed by atoms with E-state index in [4.69, 9.17) is 11.5 Å². The molecule has 0 spiro atoms. The minimum absolute atomic E-state index is 0. The molecule has 2 aliphatic rings. The van der Waals surface area contributed by atoms with Gasteiger partial charge in [0.2, 0.25) is 0 Å². The topological polar surface area (TPSA) is 136 Å². The summed E-state index contributed by atoms with van der Waals surface area (Å²) in [6.45, 7) is 4.76. The minimum Gasteiger partial charge on any atom is -0.549 e. The van der Waals surface area contributed by atoms with E-state index in [-0.39, 0.29) is 51.8 Å². The van der Waals surface area contributed by atoms with Crippen LogP contribution in [0.3, 0.4) is 0 Å². The fraction of sp³-hybridized carbons (Fsp3) is 0.765. The Kier molecular flexibility index (Phi) is 10.1. The molecular weight excluding hydrogens is 505 g/mol. The Morgan fingerprint density at radius 2 is 1.40 bits per heavy atom. The smallest absolute Gasteiger partial charge is 0.549 e. The predicted octanol–water partition coefficient (Wildman–Crippen LogP) is -1.65. The van der Waals surface area contributed by atoms with Crippen molar-refractivity contribution in [3.05, 3.63) is 12.2 Å². The average Bonchev–Trinajstić information content (AvgIpc) is 2.82. The first-order valence-electron chi connectivity index (χ1n) is 8.47. The number of nitrogens with two attached hydrogens (primary N) is 2. The molecular formula is C17H29N3O4Pt. The van der Waals surface area contributed by atoms with Crippen LogP contribution in [0.2, 0.25) is 0 Å². The molecule has 0 bridgehead atoms. The molecule has 1 aliphatic heterocycles. The summed E-state index contributed by atoms with van der Waals surface area (Å²) in [6, 6.07) is 0.605. The maximum Gasteiger partial charge on any atom is 2.00 e. The van der Waals surface area contributed by atoms with Crippen LogP contribution in [0.4, 0.5) is 0 Å². The van der Waals surface area contributed by atoms with Crippen LogP contribution in [-0.2, 0) is 30.7 Å². The van der Waals surface area contributed by atoms with Gasteiger partial charge in [0.15, 0.2) is 0 Å². The average molecular weight is 535 g/mol. The maximum atomic E-state index is 10.9. The van der Waals surface area contributed by atoms with Crippen molar-refractivity contribution < 1.29 is 40.9 Å². The van der Waals surface area contributed by atoms with Crippen LogP contribution in [0.5, 0.6) is 0 Å². The Bertz CT molecular complexity index is 451. The Labute approximate surface area is 164 Å². The summed E-state index contributed by atoms with van der Waals surface area (Å²) in [6.07, 6.45) is 8.62. The van der Waals surface area contributed by atoms with Gasteiger partial charge in [-0.15, -0.1) is 0 Å². The van der Waals surface area contributed by atoms with E-state index in [1.54, 1.807) is 4.90 Å². The molecule has 1 fully saturated rings. The summed E-state index contributed by atoms with van der Waals surface area (Å²) in [4.78, 5) is 23.6. The van der Waals surface area contributed by atoms with E-state index in [0.29, 0.717) is 0 Å². The first kappa shape index (κ1) is 24.2. The minimum atomic E-state index is -1.98. The molecule has 4 unspecified atom stereocenters. The molecule has 25 heavy (non-hydrogen) atoms. The third-order valence-electron chi connectivity index (χ3n) is 4.99. The monoisotopic (exact) mass is 534 g/mol. The van der Waals surface area contributed by atoms with Crippen molar-refractivity contribution in [3.8, 4) is 0 Å². The first-order valence-corrected chi connectivity index (χ1v) is 8.47. The fourth-order valence-electron chi connectivity index (χ4n) is 2.97. The van der Waals surface area contributed by atoms with Crippen LogP contribution in [-0.4, -0.2) is 47.6 Å². The first-order chi connectivity index (χ1) is 11.1. The Morgan fingerprint density at radius 1 is 1.04 bits per heavy atom. The van der Waals surface area contributed by atoms with Crippen LogP contribution < -0.4 is 21.7 Å². The van der Waals surface area contributed by atoms with E-state index in [2.05, 4.69) is 0 Å². The molecule has 4 atom stereocenters. The van der Waals surface area contributed by atoms with Gasteiger partial charge in [0, 0.05) is 30.7 Å². The van der Waals surface area contributed by atoms with Crippen LogP contribution in [0, 0.1) is 5.41 Å². The van der Waals surface area contributed by atoms with E-state index < -0.39 is 17.4 Å². The van der Waals surface area contributed by atoms with Crippen molar-refractivity contribution >= 4 is 11.9 Å². The summed E-state index contributed by atoms with van der Waals surface area (Å²) in [5.74, 6) is -3.22. The van der Waals surface area contributed by atoms with Crippen molar-refractivity contribution in [1.82, 2.24) is 4.90 Å². The van der Waals surface area contributed by atoms with Crippen LogP contribution >= 0.6 is 0 Å². The molecule has 0 aromatic heterocycles. The predicted molar refractivity (Wildman–Crippen MR) is 87.3 cm³/mol. The van der Waals surface area contributed by atoms with Crippen molar-refractivity contribution in [2.75, 3.05) is 6.54 Å². The van der Waals surface area contributed by atoms with E-state index >= 15 is 0 Å². The number of hydrogen-bond acceptors (Lipinski definition) is 7. The number of hydrogen-bond donors (Lipinski definition) is 2. The van der Waals surface area contributed by atoms with Gasteiger partial charge in [-0.3, -0.25) is 4.90 Å². The van der Waals surface area contributed by atoms with Crippen LogP contribution in [0.1, 0.15) is 46.5 Å². The molecule has 0 saturated heterocycles. The molecule has 7 nitrogen and oxygen atoms in total. The Hall–Kier alpha value is -0.752. The molecule has 1 saturated carbocycles. The largest absolute Gasteiger partial charge is 2.00 e. The number of nitrogens with zero attached hydrogens (tertiary/aromatic N) is 1. The zero-order valence-electron chi connectivity index (χ0n) is 15.1. The molecule has 8 heteroatoms. The van der Waals surface area contributed by atoms with Gasteiger partial charge >= 0.3 is 21.1 Å². The number of carbonyl (C=O) groups is 2. The second-order valence-electron chi connectivity index (χ2n) is 7.06. The van der Waals surface area contributed by atoms with Gasteiger partial charge in [-0.1, -0.05) is 25.0 Å². The fourth-order valence-corrected chi connectivity index (χ4v) is 2.97. The maximum absolute atomic E-state index is 10.9. The Morgan fingerprint density at radius 3 is 1.68 bits per heavy atom. The molecule has 146 valence electrons. The quantitative estimate of drug-likeness (QED) is 0.326. The van der Waals surface area contributed by atoms with Gasteiger partial charge < -0.3 is 31.3 Å². The molecule has 0 radical (unpaired) electrons. The molecule has 0 aromatic carbocycles. The number of rotatable bonds is 4. The summed E-state index contributed by atoms with van der Waals surface area (Å²) in [7, 11) is 0. The number of carbonyl (C=O) groups excluding carboxylic acids is 2. The SMILES string of the molecule is CC1C=CC(C)N1CC(C)(C(=O)[O-])C(=O)[O-].NC1CCCCC1N.[Pt+2]. The molecule has 0 aromatic rings. The zero-order chi connectivity index (χ0) is 18.5. The van der Waals surface area contributed by atoms with Gasteiger partial charge in [-0.2, -0.15) is 0 Å². The Balaban J connectivity index is 0.000000540. The normalized spacial score (nSPS) is 29.3. The summed E-state index contributed by atoms with van der Waals surface area (Å²) in [5, 5.41) is 21.8. The number of carboxylic acid groups (broad SMARTS) is 2. The standard InChI is InChI=1S/C11H17NO4.C6H14N2.Pt/c1-7-4-5-8(2)12(7)6-11(3,9(13)14)10(15)16;7-5-3-1-2-4-6(5)8;/h4-5,7-8H,6H2,1-3H3,(H,13,14)(H,15,16);5-6H,1-4,7-8H2;/q;;+2/p-2. The van der Waals surface area contributed by atoms with Crippen molar-refractivity contribution in [2.45, 2.75) is 70.6 Å². The van der Waals surface area contributed by atoms with E-state index in [9.17, 15) is 19.8 Å². The molecule has 4 N–H and O–H groups in total. The second kappa shape index (κ2) is 10.4. The van der Waals surface area contributed by atoms with Crippen molar-refractivity contribution in [2.24, 2.45) is 16.9 Å². The van der Waals surface area contributed by atoms with Gasteiger partial charge in [-0.05, 0) is 33.6 Å². The summed E-state index contributed by atoms with van der Waals surface area (Å²) in [5.41, 5.74) is 9.33. The summed E-state index contributed by atoms with van der Waals surface area (Å²) >= 11 is 0.